The number of carboxylic acids is 1. The van der Waals surface area contributed by atoms with Crippen molar-refractivity contribution in [2.24, 2.45) is 5.73 Å². The Bertz CT molecular complexity index is 493. The van der Waals surface area contributed by atoms with Gasteiger partial charge in [-0.15, -0.1) is 0 Å². The molecular formula is C14H18FNO2. The number of halogens is 1. The first-order chi connectivity index (χ1) is 8.26. The maximum Gasteiger partial charge on any atom is 0.304 e. The molecule has 1 atom stereocenters. The quantitative estimate of drug-likeness (QED) is 0.865. The normalized spacial score (nSPS) is 22.9. The second-order valence-electron chi connectivity index (χ2n) is 5.68. The Morgan fingerprint density at radius 1 is 1.56 bits per heavy atom. The number of fused-ring (bicyclic) bond motifs is 1. The molecule has 0 aromatic heterocycles. The van der Waals surface area contributed by atoms with Gasteiger partial charge in [0.1, 0.15) is 5.82 Å². The van der Waals surface area contributed by atoms with Gasteiger partial charge in [0.15, 0.2) is 0 Å². The minimum absolute atomic E-state index is 0.0187. The molecule has 1 aliphatic rings. The summed E-state index contributed by atoms with van der Waals surface area (Å²) >= 11 is 0. The van der Waals surface area contributed by atoms with Crippen molar-refractivity contribution in [2.75, 3.05) is 0 Å². The van der Waals surface area contributed by atoms with Gasteiger partial charge < -0.3 is 10.8 Å². The number of rotatable bonds is 3. The zero-order valence-corrected chi connectivity index (χ0v) is 10.7. The van der Waals surface area contributed by atoms with E-state index in [0.29, 0.717) is 12.8 Å². The Morgan fingerprint density at radius 3 is 2.78 bits per heavy atom. The topological polar surface area (TPSA) is 63.3 Å². The van der Waals surface area contributed by atoms with Crippen LogP contribution in [-0.4, -0.2) is 16.6 Å². The molecule has 0 spiro atoms. The molecule has 0 heterocycles. The molecule has 0 amide bonds. The highest BCUT2D eigenvalue weighted by atomic mass is 19.1. The first kappa shape index (κ1) is 13.0. The van der Waals surface area contributed by atoms with Crippen molar-refractivity contribution in [2.45, 2.75) is 44.1 Å². The summed E-state index contributed by atoms with van der Waals surface area (Å²) in [6, 6.07) is 4.56. The number of aryl methyl sites for hydroxylation is 1. The standard InChI is InChI=1S/C14H18FNO2/c1-13(2,16)14(8-12(17)18)6-5-9-7-10(15)3-4-11(9)14/h3-4,7H,5-6,8,16H2,1-2H3,(H,17,18). The van der Waals surface area contributed by atoms with Crippen LogP contribution in [0.4, 0.5) is 4.39 Å². The third-order valence-electron chi connectivity index (χ3n) is 4.09. The van der Waals surface area contributed by atoms with Crippen LogP contribution in [0.5, 0.6) is 0 Å². The first-order valence-electron chi connectivity index (χ1n) is 6.06. The molecule has 0 radical (unpaired) electrons. The number of aliphatic carboxylic acids is 1. The molecule has 1 aliphatic carbocycles. The zero-order chi connectivity index (χ0) is 13.6. The molecule has 4 heteroatoms. The van der Waals surface area contributed by atoms with Crippen LogP contribution in [0.1, 0.15) is 37.8 Å². The van der Waals surface area contributed by atoms with Gasteiger partial charge in [0, 0.05) is 11.0 Å². The van der Waals surface area contributed by atoms with Gasteiger partial charge in [-0.3, -0.25) is 4.79 Å². The van der Waals surface area contributed by atoms with Crippen LogP contribution in [0.2, 0.25) is 0 Å². The van der Waals surface area contributed by atoms with E-state index in [-0.39, 0.29) is 12.2 Å². The Morgan fingerprint density at radius 2 is 2.22 bits per heavy atom. The van der Waals surface area contributed by atoms with E-state index in [1.807, 2.05) is 13.8 Å². The van der Waals surface area contributed by atoms with E-state index in [9.17, 15) is 9.18 Å². The SMILES string of the molecule is CC(C)(N)C1(CC(=O)O)CCc2cc(F)ccc21. The molecule has 98 valence electrons. The van der Waals surface area contributed by atoms with Gasteiger partial charge in [0.2, 0.25) is 0 Å². The van der Waals surface area contributed by atoms with Crippen molar-refractivity contribution in [1.29, 1.82) is 0 Å². The van der Waals surface area contributed by atoms with Gasteiger partial charge in [0.25, 0.3) is 0 Å². The van der Waals surface area contributed by atoms with Gasteiger partial charge in [-0.05, 0) is 49.9 Å². The maximum absolute atomic E-state index is 13.2. The number of carboxylic acid groups (broad SMARTS) is 1. The molecule has 0 fully saturated rings. The van der Waals surface area contributed by atoms with Crippen molar-refractivity contribution >= 4 is 5.97 Å². The molecule has 18 heavy (non-hydrogen) atoms. The predicted octanol–water partition coefficient (Wildman–Crippen LogP) is 2.22. The molecule has 0 saturated heterocycles. The molecule has 2 rings (SSSR count). The second-order valence-corrected chi connectivity index (χ2v) is 5.68. The minimum Gasteiger partial charge on any atom is -0.481 e. The number of hydrogen-bond donors (Lipinski definition) is 2. The average molecular weight is 251 g/mol. The monoisotopic (exact) mass is 251 g/mol. The highest BCUT2D eigenvalue weighted by Gasteiger charge is 2.49. The van der Waals surface area contributed by atoms with Crippen LogP contribution in [0.15, 0.2) is 18.2 Å². The fourth-order valence-corrected chi connectivity index (χ4v) is 3.06. The van der Waals surface area contributed by atoms with E-state index in [4.69, 9.17) is 10.8 Å². The van der Waals surface area contributed by atoms with Gasteiger partial charge >= 0.3 is 5.97 Å². The lowest BCUT2D eigenvalue weighted by molar-refractivity contribution is -0.139. The third-order valence-corrected chi connectivity index (χ3v) is 4.09. The number of hydrogen-bond acceptors (Lipinski definition) is 2. The van der Waals surface area contributed by atoms with Crippen LogP contribution < -0.4 is 5.73 Å². The van der Waals surface area contributed by atoms with Crippen molar-refractivity contribution in [3.05, 3.63) is 35.1 Å². The maximum atomic E-state index is 13.2. The van der Waals surface area contributed by atoms with E-state index < -0.39 is 16.9 Å². The number of nitrogens with two attached hydrogens (primary N) is 1. The van der Waals surface area contributed by atoms with E-state index in [1.54, 1.807) is 6.07 Å². The number of benzene rings is 1. The lowest BCUT2D eigenvalue weighted by atomic mass is 9.66. The Kier molecular flexibility index (Phi) is 2.93. The molecule has 3 N–H and O–H groups in total. The Hall–Kier alpha value is -1.42. The molecule has 3 nitrogen and oxygen atoms in total. The average Bonchev–Trinajstić information content (AvgIpc) is 2.56. The van der Waals surface area contributed by atoms with Crippen molar-refractivity contribution < 1.29 is 14.3 Å². The third kappa shape index (κ3) is 1.90. The first-order valence-corrected chi connectivity index (χ1v) is 6.06. The summed E-state index contributed by atoms with van der Waals surface area (Å²) in [5.74, 6) is -1.15. The fraction of sp³-hybridized carbons (Fsp3) is 0.500. The smallest absolute Gasteiger partial charge is 0.304 e. The van der Waals surface area contributed by atoms with Gasteiger partial charge in [-0.2, -0.15) is 0 Å². The summed E-state index contributed by atoms with van der Waals surface area (Å²) < 4.78 is 13.2. The van der Waals surface area contributed by atoms with Crippen LogP contribution in [0, 0.1) is 5.82 Å². The lowest BCUT2D eigenvalue weighted by Gasteiger charge is -2.41. The van der Waals surface area contributed by atoms with E-state index >= 15 is 0 Å². The van der Waals surface area contributed by atoms with E-state index in [1.165, 1.54) is 12.1 Å². The Labute approximate surface area is 106 Å². The van der Waals surface area contributed by atoms with Crippen molar-refractivity contribution in [3.8, 4) is 0 Å². The highest BCUT2D eigenvalue weighted by molar-refractivity contribution is 5.70. The van der Waals surface area contributed by atoms with Gasteiger partial charge in [-0.25, -0.2) is 4.39 Å². The summed E-state index contributed by atoms with van der Waals surface area (Å²) in [6.07, 6.45) is 1.32. The molecular weight excluding hydrogens is 233 g/mol. The molecule has 1 unspecified atom stereocenters. The molecule has 0 saturated carbocycles. The van der Waals surface area contributed by atoms with Gasteiger partial charge in [0.05, 0.1) is 6.42 Å². The molecule has 0 bridgehead atoms. The lowest BCUT2D eigenvalue weighted by Crippen LogP contribution is -2.54. The Balaban J connectivity index is 2.56. The van der Waals surface area contributed by atoms with Crippen molar-refractivity contribution in [1.82, 2.24) is 0 Å². The molecule has 0 aliphatic heterocycles. The van der Waals surface area contributed by atoms with E-state index in [0.717, 1.165) is 11.1 Å². The fourth-order valence-electron chi connectivity index (χ4n) is 3.06. The summed E-state index contributed by atoms with van der Waals surface area (Å²) in [7, 11) is 0. The molecule has 1 aromatic rings. The van der Waals surface area contributed by atoms with Crippen LogP contribution >= 0.6 is 0 Å². The van der Waals surface area contributed by atoms with E-state index in [2.05, 4.69) is 0 Å². The second kappa shape index (κ2) is 4.05. The summed E-state index contributed by atoms with van der Waals surface area (Å²) in [6.45, 7) is 3.68. The summed E-state index contributed by atoms with van der Waals surface area (Å²) in [5.41, 5.74) is 6.72. The highest BCUT2D eigenvalue weighted by Crippen LogP contribution is 2.47. The minimum atomic E-state index is -0.870. The van der Waals surface area contributed by atoms with Crippen LogP contribution in [0.3, 0.4) is 0 Å². The van der Waals surface area contributed by atoms with Crippen LogP contribution in [0.25, 0.3) is 0 Å². The zero-order valence-electron chi connectivity index (χ0n) is 10.7. The largest absolute Gasteiger partial charge is 0.481 e. The van der Waals surface area contributed by atoms with Crippen LogP contribution in [-0.2, 0) is 16.6 Å². The summed E-state index contributed by atoms with van der Waals surface area (Å²) in [5, 5.41) is 9.15. The predicted molar refractivity (Wildman–Crippen MR) is 66.9 cm³/mol. The molecule has 1 aromatic carbocycles. The van der Waals surface area contributed by atoms with Crippen molar-refractivity contribution in [3.63, 3.8) is 0 Å². The number of carbonyl (C=O) groups is 1. The summed E-state index contributed by atoms with van der Waals surface area (Å²) in [4.78, 5) is 11.2. The van der Waals surface area contributed by atoms with Gasteiger partial charge in [-0.1, -0.05) is 6.07 Å².